The van der Waals surface area contributed by atoms with Crippen LogP contribution in [0.15, 0.2) is 0 Å². The van der Waals surface area contributed by atoms with Gasteiger partial charge in [0.05, 0.1) is 0 Å². The van der Waals surface area contributed by atoms with Gasteiger partial charge in [-0.2, -0.15) is 0 Å². The van der Waals surface area contributed by atoms with Crippen molar-refractivity contribution in [3.8, 4) is 0 Å². The fourth-order valence-electron chi connectivity index (χ4n) is 3.82. The van der Waals surface area contributed by atoms with Crippen LogP contribution >= 0.6 is 0 Å². The molecule has 0 aromatic heterocycles. The first-order chi connectivity index (χ1) is 7.23. The molecule has 1 aliphatic rings. The van der Waals surface area contributed by atoms with Crippen LogP contribution in [-0.2, 0) is 0 Å². The molecule has 16 heavy (non-hydrogen) atoms. The number of likely N-dealkylation sites (tertiary alicyclic amines) is 1. The number of hydrogen-bond donors (Lipinski definition) is 0. The first-order valence-corrected chi connectivity index (χ1v) is 7.03. The molecule has 1 rings (SSSR count). The van der Waals surface area contributed by atoms with Crippen molar-refractivity contribution in [3.05, 3.63) is 0 Å². The maximum absolute atomic E-state index is 2.78. The monoisotopic (exact) mass is 217 g/mol. The molecule has 0 N–H and O–H groups in total. The highest BCUT2D eigenvalue weighted by atomic mass is 15.3. The first-order valence-electron chi connectivity index (χ1n) is 7.03. The van der Waals surface area contributed by atoms with Gasteiger partial charge in [-0.05, 0) is 38.0 Å². The van der Waals surface area contributed by atoms with Crippen LogP contribution in [-0.4, -0.2) is 53.1 Å². The molecule has 0 bridgehead atoms. The Labute approximate surface area is 106 Å². The summed E-state index contributed by atoms with van der Waals surface area (Å²) in [5, 5.41) is 0.358. The number of rotatable bonds is 4. The van der Waals surface area contributed by atoms with Gasteiger partial charge in [-0.25, -0.2) is 0 Å². The van der Waals surface area contributed by atoms with Crippen molar-refractivity contribution >= 4 is 31.4 Å². The summed E-state index contributed by atoms with van der Waals surface area (Å²) in [5.74, 6) is 1.54. The SMILES string of the molecule is BC1CC(B)C(B)(B)N1C(C)(C)CCCC. The minimum Gasteiger partial charge on any atom is -0.313 e. The van der Waals surface area contributed by atoms with Crippen LogP contribution < -0.4 is 0 Å². The Hall–Kier alpha value is 0.220. The van der Waals surface area contributed by atoms with E-state index in [1.54, 1.807) is 0 Å². The Kier molecular flexibility index (Phi) is 4.32. The van der Waals surface area contributed by atoms with Crippen molar-refractivity contribution in [2.75, 3.05) is 0 Å². The van der Waals surface area contributed by atoms with Gasteiger partial charge in [0.25, 0.3) is 0 Å². The Morgan fingerprint density at radius 2 is 1.88 bits per heavy atom. The zero-order valence-electron chi connectivity index (χ0n) is 12.4. The van der Waals surface area contributed by atoms with E-state index < -0.39 is 0 Å². The molecule has 0 radical (unpaired) electrons. The number of nitrogens with zero attached hydrogens (tertiary/aromatic N) is 1. The molecule has 2 atom stereocenters. The van der Waals surface area contributed by atoms with Crippen molar-refractivity contribution in [1.29, 1.82) is 0 Å². The lowest BCUT2D eigenvalue weighted by atomic mass is 9.49. The predicted octanol–water partition coefficient (Wildman–Crippen LogP) is -1.04. The highest BCUT2D eigenvalue weighted by molar-refractivity contribution is 6.45. The fourth-order valence-corrected chi connectivity index (χ4v) is 3.82. The second kappa shape index (κ2) is 4.84. The van der Waals surface area contributed by atoms with Gasteiger partial charge in [0, 0.05) is 5.54 Å². The quantitative estimate of drug-likeness (QED) is 0.543. The van der Waals surface area contributed by atoms with E-state index in [-0.39, 0.29) is 0 Å². The third-order valence-corrected chi connectivity index (χ3v) is 4.76. The van der Waals surface area contributed by atoms with Gasteiger partial charge in [0.2, 0.25) is 0 Å². The second-order valence-corrected chi connectivity index (χ2v) is 6.93. The molecule has 88 valence electrons. The summed E-state index contributed by atoms with van der Waals surface area (Å²) in [6.45, 7) is 7.15. The van der Waals surface area contributed by atoms with Crippen molar-refractivity contribution in [3.63, 3.8) is 0 Å². The van der Waals surface area contributed by atoms with Crippen LogP contribution in [0.4, 0.5) is 0 Å². The molecule has 1 nitrogen and oxygen atoms in total. The van der Waals surface area contributed by atoms with E-state index in [1.807, 2.05) is 0 Å². The van der Waals surface area contributed by atoms with Crippen LogP contribution in [0.1, 0.15) is 46.5 Å². The van der Waals surface area contributed by atoms with Gasteiger partial charge in [-0.15, -0.1) is 0 Å². The van der Waals surface area contributed by atoms with Crippen LogP contribution in [0.25, 0.3) is 0 Å². The molecule has 5 heteroatoms. The highest BCUT2D eigenvalue weighted by Crippen LogP contribution is 2.42. The van der Waals surface area contributed by atoms with E-state index in [1.165, 1.54) is 25.7 Å². The average Bonchev–Trinajstić information content (AvgIpc) is 2.33. The van der Waals surface area contributed by atoms with E-state index in [0.29, 0.717) is 10.9 Å². The van der Waals surface area contributed by atoms with Crippen molar-refractivity contribution in [2.45, 2.75) is 69.1 Å². The molecule has 0 aromatic rings. The number of unbranched alkanes of at least 4 members (excludes halogenated alkanes) is 1. The van der Waals surface area contributed by atoms with Gasteiger partial charge in [-0.3, -0.25) is 0 Å². The van der Waals surface area contributed by atoms with Crippen LogP contribution in [0.5, 0.6) is 0 Å². The molecule has 0 saturated carbocycles. The van der Waals surface area contributed by atoms with Gasteiger partial charge >= 0.3 is 0 Å². The molecular weight excluding hydrogens is 189 g/mol. The minimum absolute atomic E-state index is 0.351. The summed E-state index contributed by atoms with van der Waals surface area (Å²) in [5.41, 5.74) is 0.351. The molecule has 1 aliphatic heterocycles. The summed E-state index contributed by atoms with van der Waals surface area (Å²) < 4.78 is 0. The topological polar surface area (TPSA) is 3.24 Å². The van der Waals surface area contributed by atoms with Crippen LogP contribution in [0.3, 0.4) is 0 Å². The summed E-state index contributed by atoms with van der Waals surface area (Å²) in [6.07, 6.45) is 5.33. The lowest BCUT2D eigenvalue weighted by molar-refractivity contribution is 0.0945. The molecule has 0 amide bonds. The second-order valence-electron chi connectivity index (χ2n) is 6.93. The van der Waals surface area contributed by atoms with Gasteiger partial charge in [-0.1, -0.05) is 25.6 Å². The average molecular weight is 217 g/mol. The Morgan fingerprint density at radius 1 is 1.31 bits per heavy atom. The minimum atomic E-state index is 0.351. The summed E-state index contributed by atoms with van der Waals surface area (Å²) in [4.78, 5) is 2.78. The summed E-state index contributed by atoms with van der Waals surface area (Å²) in [7, 11) is 9.66. The normalized spacial score (nSPS) is 30.7. The molecule has 1 heterocycles. The molecule has 1 saturated heterocycles. The summed E-state index contributed by atoms with van der Waals surface area (Å²) >= 11 is 0. The van der Waals surface area contributed by atoms with Gasteiger partial charge in [0.1, 0.15) is 31.4 Å². The van der Waals surface area contributed by atoms with Crippen LogP contribution in [0.2, 0.25) is 5.82 Å². The van der Waals surface area contributed by atoms with Crippen LogP contribution in [0, 0.1) is 0 Å². The lowest BCUT2D eigenvalue weighted by Crippen LogP contribution is -2.59. The maximum Gasteiger partial charge on any atom is 0.123 e. The summed E-state index contributed by atoms with van der Waals surface area (Å²) in [6, 6.07) is 0. The smallest absolute Gasteiger partial charge is 0.123 e. The van der Waals surface area contributed by atoms with Crippen molar-refractivity contribution in [1.82, 2.24) is 4.90 Å². The zero-order chi connectivity index (χ0) is 12.6. The first kappa shape index (κ1) is 14.3. The Morgan fingerprint density at radius 3 is 2.25 bits per heavy atom. The van der Waals surface area contributed by atoms with E-state index in [9.17, 15) is 0 Å². The molecular formula is C11H27B4N. The molecule has 1 fully saturated rings. The van der Waals surface area contributed by atoms with E-state index >= 15 is 0 Å². The standard InChI is InChI=1S/C11H27B4N/c1-4-5-6-10(2,3)16-9(13)7-8(12)11(16,14)15/h8-9H,4-7,12-15H2,1-3H3. The highest BCUT2D eigenvalue weighted by Gasteiger charge is 2.47. The molecule has 0 aromatic carbocycles. The predicted molar refractivity (Wildman–Crippen MR) is 84.5 cm³/mol. The number of hydrogen-bond acceptors (Lipinski definition) is 1. The van der Waals surface area contributed by atoms with Gasteiger partial charge in [0.15, 0.2) is 0 Å². The van der Waals surface area contributed by atoms with Crippen molar-refractivity contribution < 1.29 is 0 Å². The lowest BCUT2D eigenvalue weighted by Gasteiger charge is -2.49. The molecule has 0 spiro atoms. The molecule has 2 unspecified atom stereocenters. The fraction of sp³-hybridized carbons (Fsp3) is 1.00. The molecule has 0 aliphatic carbocycles. The van der Waals surface area contributed by atoms with Crippen molar-refractivity contribution in [2.24, 2.45) is 0 Å². The third kappa shape index (κ3) is 2.55. The third-order valence-electron chi connectivity index (χ3n) is 4.76. The largest absolute Gasteiger partial charge is 0.313 e. The maximum atomic E-state index is 2.78. The zero-order valence-corrected chi connectivity index (χ0v) is 12.4. The van der Waals surface area contributed by atoms with E-state index in [4.69, 9.17) is 0 Å². The van der Waals surface area contributed by atoms with E-state index in [0.717, 1.165) is 11.8 Å². The Bertz CT molecular complexity index is 242. The Balaban J connectivity index is 2.84. The van der Waals surface area contributed by atoms with Gasteiger partial charge < -0.3 is 4.90 Å². The van der Waals surface area contributed by atoms with E-state index in [2.05, 4.69) is 57.1 Å².